The zero-order valence-electron chi connectivity index (χ0n) is 18.6. The van der Waals surface area contributed by atoms with Crippen molar-refractivity contribution in [1.82, 2.24) is 10.2 Å². The number of carbonyl (C=O) groups is 4. The molecule has 2 saturated heterocycles. The summed E-state index contributed by atoms with van der Waals surface area (Å²) in [6.45, 7) is 1.84. The first kappa shape index (κ1) is 22.4. The highest BCUT2D eigenvalue weighted by atomic mass is 35.5. The molecule has 0 saturated carbocycles. The van der Waals surface area contributed by atoms with Crippen LogP contribution in [0.15, 0.2) is 36.4 Å². The maximum absolute atomic E-state index is 13.8. The largest absolute Gasteiger partial charge is 0.497 e. The molecule has 4 amide bonds. The summed E-state index contributed by atoms with van der Waals surface area (Å²) < 4.78 is 5.17. The highest BCUT2D eigenvalue weighted by Gasteiger charge is 2.70. The van der Waals surface area contributed by atoms with E-state index in [1.807, 2.05) is 0 Å². The number of hydrogen-bond acceptors (Lipinski definition) is 6. The number of anilines is 1. The first-order chi connectivity index (χ1) is 16.2. The summed E-state index contributed by atoms with van der Waals surface area (Å²) in [6.07, 6.45) is -0.194. The molecule has 3 aliphatic heterocycles. The number of nitrogens with one attached hydrogen (secondary N) is 2. The second kappa shape index (κ2) is 7.82. The molecule has 1 spiro atoms. The molecule has 2 fully saturated rings. The highest BCUT2D eigenvalue weighted by molar-refractivity contribution is 6.31. The van der Waals surface area contributed by atoms with E-state index in [9.17, 15) is 19.2 Å². The summed E-state index contributed by atoms with van der Waals surface area (Å²) in [7, 11) is 1.55. The Kier molecular flexibility index (Phi) is 5.14. The fraction of sp³-hybridized carbons (Fsp3) is 0.333. The quantitative estimate of drug-likeness (QED) is 0.553. The Morgan fingerprint density at radius 3 is 2.53 bits per heavy atom. The maximum Gasteiger partial charge on any atom is 0.250 e. The van der Waals surface area contributed by atoms with Gasteiger partial charge in [0.15, 0.2) is 0 Å². The molecule has 4 N–H and O–H groups in total. The van der Waals surface area contributed by atoms with E-state index in [4.69, 9.17) is 22.1 Å². The first-order valence-electron chi connectivity index (χ1n) is 10.8. The lowest BCUT2D eigenvalue weighted by Gasteiger charge is -2.29. The van der Waals surface area contributed by atoms with E-state index < -0.39 is 47.0 Å². The number of nitrogens with two attached hydrogens (primary N) is 1. The van der Waals surface area contributed by atoms with Gasteiger partial charge in [-0.25, -0.2) is 0 Å². The van der Waals surface area contributed by atoms with Crippen molar-refractivity contribution in [3.63, 3.8) is 0 Å². The summed E-state index contributed by atoms with van der Waals surface area (Å²) >= 11 is 6.31. The number of nitrogens with zero attached hydrogens (tertiary/aromatic N) is 1. The Hall–Kier alpha value is -3.43. The van der Waals surface area contributed by atoms with Gasteiger partial charge in [-0.1, -0.05) is 23.7 Å². The van der Waals surface area contributed by atoms with Crippen molar-refractivity contribution in [3.8, 4) is 5.75 Å². The van der Waals surface area contributed by atoms with Crippen LogP contribution in [0.25, 0.3) is 0 Å². The molecule has 10 heteroatoms. The minimum Gasteiger partial charge on any atom is -0.497 e. The SMILES string of the molecule is COc1ccc(CN2C(=O)[C@@H]3[C@H](CC(N)=O)N[C@@]4(C(=O)Nc5c(C)cc(Cl)cc54)[C@@H]3C2=O)cc1. The predicted octanol–water partition coefficient (Wildman–Crippen LogP) is 1.45. The minimum atomic E-state index is -1.53. The van der Waals surface area contributed by atoms with Gasteiger partial charge in [-0.3, -0.25) is 29.4 Å². The Morgan fingerprint density at radius 1 is 1.18 bits per heavy atom. The van der Waals surface area contributed by atoms with Crippen LogP contribution >= 0.6 is 11.6 Å². The summed E-state index contributed by atoms with van der Waals surface area (Å²) in [5.74, 6) is -3.33. The number of halogens is 1. The van der Waals surface area contributed by atoms with E-state index in [0.717, 1.165) is 16.0 Å². The van der Waals surface area contributed by atoms with Crippen LogP contribution in [0.5, 0.6) is 5.75 Å². The molecule has 0 aliphatic carbocycles. The Balaban J connectivity index is 1.59. The van der Waals surface area contributed by atoms with Gasteiger partial charge in [0.25, 0.3) is 0 Å². The molecule has 34 heavy (non-hydrogen) atoms. The van der Waals surface area contributed by atoms with Crippen LogP contribution < -0.4 is 21.1 Å². The molecular formula is C24H23ClN4O5. The standard InChI is InChI=1S/C24H23ClN4O5/c1-11-7-13(25)8-15-20(11)27-23(33)24(15)19-18(16(28-24)9-17(26)30)21(31)29(22(19)32)10-12-3-5-14(34-2)6-4-12/h3-8,16,18-19,28H,9-10H2,1-2H3,(H2,26,30)(H,27,33)/t16-,18+,19-,24+/m0/s1. The van der Waals surface area contributed by atoms with Gasteiger partial charge in [0.2, 0.25) is 23.6 Å². The third-order valence-electron chi connectivity index (χ3n) is 7.00. The van der Waals surface area contributed by atoms with Crippen molar-refractivity contribution in [1.29, 1.82) is 0 Å². The van der Waals surface area contributed by atoms with Crippen molar-refractivity contribution < 1.29 is 23.9 Å². The van der Waals surface area contributed by atoms with E-state index in [1.54, 1.807) is 50.4 Å². The topological polar surface area (TPSA) is 131 Å². The molecule has 2 aromatic carbocycles. The van der Waals surface area contributed by atoms with Crippen LogP contribution in [0, 0.1) is 18.8 Å². The van der Waals surface area contributed by atoms with E-state index >= 15 is 0 Å². The number of hydrogen-bond donors (Lipinski definition) is 3. The average molecular weight is 483 g/mol. The fourth-order valence-electron chi connectivity index (χ4n) is 5.55. The number of imide groups is 1. The summed E-state index contributed by atoms with van der Waals surface area (Å²) in [5.41, 5.74) is 6.44. The second-order valence-electron chi connectivity index (χ2n) is 8.94. The molecule has 3 heterocycles. The molecule has 0 aromatic heterocycles. The third kappa shape index (κ3) is 3.11. The lowest BCUT2D eigenvalue weighted by Crippen LogP contribution is -2.53. The summed E-state index contributed by atoms with van der Waals surface area (Å²) in [4.78, 5) is 53.8. The minimum absolute atomic E-state index is 0.0388. The molecule has 176 valence electrons. The number of benzene rings is 2. The van der Waals surface area contributed by atoms with Crippen LogP contribution in [-0.4, -0.2) is 41.7 Å². The number of carbonyl (C=O) groups excluding carboxylic acids is 4. The predicted molar refractivity (Wildman–Crippen MR) is 123 cm³/mol. The number of amides is 4. The van der Waals surface area contributed by atoms with E-state index in [1.165, 1.54) is 0 Å². The molecule has 0 radical (unpaired) electrons. The van der Waals surface area contributed by atoms with Crippen molar-refractivity contribution in [2.75, 3.05) is 12.4 Å². The Labute approximate surface area is 200 Å². The lowest BCUT2D eigenvalue weighted by atomic mass is 9.76. The second-order valence-corrected chi connectivity index (χ2v) is 9.38. The van der Waals surface area contributed by atoms with E-state index in [0.29, 0.717) is 22.0 Å². The first-order valence-corrected chi connectivity index (χ1v) is 11.2. The van der Waals surface area contributed by atoms with Crippen molar-refractivity contribution in [3.05, 3.63) is 58.1 Å². The van der Waals surface area contributed by atoms with Gasteiger partial charge in [-0.2, -0.15) is 0 Å². The van der Waals surface area contributed by atoms with Crippen LogP contribution in [0.2, 0.25) is 5.02 Å². The van der Waals surface area contributed by atoms with E-state index in [2.05, 4.69) is 10.6 Å². The van der Waals surface area contributed by atoms with Crippen LogP contribution in [0.4, 0.5) is 5.69 Å². The van der Waals surface area contributed by atoms with Gasteiger partial charge in [-0.05, 0) is 42.3 Å². The summed E-state index contributed by atoms with van der Waals surface area (Å²) in [6, 6.07) is 9.58. The van der Waals surface area contributed by atoms with Crippen molar-refractivity contribution in [2.45, 2.75) is 31.5 Å². The monoisotopic (exact) mass is 482 g/mol. The van der Waals surface area contributed by atoms with Crippen molar-refractivity contribution >= 4 is 40.9 Å². The zero-order valence-corrected chi connectivity index (χ0v) is 19.3. The Bertz CT molecular complexity index is 1250. The number of rotatable bonds is 5. The number of fused-ring (bicyclic) bond motifs is 4. The maximum atomic E-state index is 13.8. The van der Waals surface area contributed by atoms with Gasteiger partial charge < -0.3 is 15.8 Å². The summed E-state index contributed by atoms with van der Waals surface area (Å²) in [5, 5.41) is 6.42. The third-order valence-corrected chi connectivity index (χ3v) is 7.22. The molecule has 2 aromatic rings. The van der Waals surface area contributed by atoms with Gasteiger partial charge in [0.1, 0.15) is 11.3 Å². The number of methoxy groups -OCH3 is 1. The molecular weight excluding hydrogens is 460 g/mol. The number of primary amides is 1. The molecule has 4 atom stereocenters. The van der Waals surface area contributed by atoms with Crippen LogP contribution in [-0.2, 0) is 31.3 Å². The zero-order chi connectivity index (χ0) is 24.4. The highest BCUT2D eigenvalue weighted by Crippen LogP contribution is 2.54. The number of likely N-dealkylation sites (tertiary alicyclic amines) is 1. The van der Waals surface area contributed by atoms with Gasteiger partial charge in [0, 0.05) is 28.7 Å². The average Bonchev–Trinajstić information content (AvgIpc) is 3.35. The Morgan fingerprint density at radius 2 is 1.88 bits per heavy atom. The van der Waals surface area contributed by atoms with Gasteiger partial charge in [-0.15, -0.1) is 0 Å². The molecule has 9 nitrogen and oxygen atoms in total. The molecule has 5 rings (SSSR count). The number of aryl methyl sites for hydroxylation is 1. The van der Waals surface area contributed by atoms with Crippen molar-refractivity contribution in [2.24, 2.45) is 17.6 Å². The number of ether oxygens (including phenoxy) is 1. The van der Waals surface area contributed by atoms with Gasteiger partial charge in [0.05, 0.1) is 25.5 Å². The normalized spacial score (nSPS) is 27.2. The lowest BCUT2D eigenvalue weighted by molar-refractivity contribution is -0.143. The molecule has 3 aliphatic rings. The fourth-order valence-corrected chi connectivity index (χ4v) is 5.83. The van der Waals surface area contributed by atoms with Crippen LogP contribution in [0.1, 0.15) is 23.1 Å². The smallest absolute Gasteiger partial charge is 0.250 e. The van der Waals surface area contributed by atoms with Gasteiger partial charge >= 0.3 is 0 Å². The molecule has 0 bridgehead atoms. The van der Waals surface area contributed by atoms with E-state index in [-0.39, 0.29) is 13.0 Å². The molecule has 0 unspecified atom stereocenters. The van der Waals surface area contributed by atoms with Crippen LogP contribution in [0.3, 0.4) is 0 Å².